The van der Waals surface area contributed by atoms with Crippen LogP contribution in [0.3, 0.4) is 0 Å². The summed E-state index contributed by atoms with van der Waals surface area (Å²) in [5.41, 5.74) is 14.5. The number of para-hydroxylation sites is 2. The highest BCUT2D eigenvalue weighted by molar-refractivity contribution is 6.02. The number of carbonyl (C=O) groups is 2. The van der Waals surface area contributed by atoms with E-state index in [1.54, 1.807) is 11.0 Å². The zero-order chi connectivity index (χ0) is 20.1. The van der Waals surface area contributed by atoms with Crippen LogP contribution in [0, 0.1) is 5.41 Å². The molecule has 0 aromatic heterocycles. The number of carbonyl (C=O) groups excluding carboxylic acids is 2. The van der Waals surface area contributed by atoms with Crippen molar-refractivity contribution < 1.29 is 9.59 Å². The van der Waals surface area contributed by atoms with Crippen LogP contribution in [0.25, 0.3) is 0 Å². The standard InChI is InChI=1S/C23H29N3O2/c1-2-21(27)26(20-9-5-4-8-19(20)24)18-12-10-17(11-13-18)16-23(22(25)28)14-6-3-7-15-23/h4-5,8-13H,2-3,6-7,14-16,24H2,1H3,(H2,25,28). The topological polar surface area (TPSA) is 89.4 Å². The first-order valence-electron chi connectivity index (χ1n) is 10.0. The number of nitrogens with two attached hydrogens (primary N) is 2. The summed E-state index contributed by atoms with van der Waals surface area (Å²) < 4.78 is 0. The molecule has 2 aromatic rings. The fourth-order valence-corrected chi connectivity index (χ4v) is 4.16. The molecule has 0 spiro atoms. The molecule has 0 heterocycles. The number of amides is 2. The minimum absolute atomic E-state index is 0.0217. The summed E-state index contributed by atoms with van der Waals surface area (Å²) in [6, 6.07) is 15.2. The van der Waals surface area contributed by atoms with E-state index >= 15 is 0 Å². The van der Waals surface area contributed by atoms with Crippen LogP contribution < -0.4 is 16.4 Å². The van der Waals surface area contributed by atoms with Gasteiger partial charge < -0.3 is 11.5 Å². The van der Waals surface area contributed by atoms with Crippen LogP contribution in [0.5, 0.6) is 0 Å². The Morgan fingerprint density at radius 2 is 1.64 bits per heavy atom. The Bertz CT molecular complexity index is 839. The van der Waals surface area contributed by atoms with Crippen molar-refractivity contribution in [3.05, 3.63) is 54.1 Å². The molecule has 0 unspecified atom stereocenters. The van der Waals surface area contributed by atoms with Crippen LogP contribution in [0.15, 0.2) is 48.5 Å². The van der Waals surface area contributed by atoms with E-state index in [0.717, 1.165) is 36.9 Å². The van der Waals surface area contributed by atoms with Gasteiger partial charge in [-0.2, -0.15) is 0 Å². The van der Waals surface area contributed by atoms with Gasteiger partial charge >= 0.3 is 0 Å². The van der Waals surface area contributed by atoms with Gasteiger partial charge in [0.2, 0.25) is 11.8 Å². The van der Waals surface area contributed by atoms with Crippen LogP contribution in [0.1, 0.15) is 51.0 Å². The third-order valence-corrected chi connectivity index (χ3v) is 5.80. The van der Waals surface area contributed by atoms with Gasteiger partial charge in [0.1, 0.15) is 0 Å². The summed E-state index contributed by atoms with van der Waals surface area (Å²) in [5.74, 6) is -0.220. The summed E-state index contributed by atoms with van der Waals surface area (Å²) in [6.45, 7) is 1.84. The molecule has 4 N–H and O–H groups in total. The molecule has 0 bridgehead atoms. The number of primary amides is 1. The summed E-state index contributed by atoms with van der Waals surface area (Å²) in [7, 11) is 0. The highest BCUT2D eigenvalue weighted by Crippen LogP contribution is 2.39. The smallest absolute Gasteiger partial charge is 0.231 e. The number of nitrogens with zero attached hydrogens (tertiary/aromatic N) is 1. The lowest BCUT2D eigenvalue weighted by Crippen LogP contribution is -2.40. The van der Waals surface area contributed by atoms with Gasteiger partial charge in [-0.25, -0.2) is 0 Å². The first-order valence-corrected chi connectivity index (χ1v) is 10.0. The van der Waals surface area contributed by atoms with E-state index in [-0.39, 0.29) is 11.8 Å². The van der Waals surface area contributed by atoms with Crippen LogP contribution in [-0.4, -0.2) is 11.8 Å². The minimum Gasteiger partial charge on any atom is -0.397 e. The molecule has 3 rings (SSSR count). The highest BCUT2D eigenvalue weighted by atomic mass is 16.2. The molecular weight excluding hydrogens is 350 g/mol. The molecule has 1 saturated carbocycles. The second kappa shape index (κ2) is 8.46. The monoisotopic (exact) mass is 379 g/mol. The van der Waals surface area contributed by atoms with Crippen molar-refractivity contribution in [2.45, 2.75) is 51.9 Å². The van der Waals surface area contributed by atoms with Gasteiger partial charge in [-0.3, -0.25) is 14.5 Å². The first kappa shape index (κ1) is 19.9. The van der Waals surface area contributed by atoms with Crippen molar-refractivity contribution in [3.63, 3.8) is 0 Å². The third kappa shape index (κ3) is 4.03. The van der Waals surface area contributed by atoms with Crippen LogP contribution >= 0.6 is 0 Å². The van der Waals surface area contributed by atoms with Crippen molar-refractivity contribution in [1.82, 2.24) is 0 Å². The maximum atomic E-state index is 12.6. The molecule has 5 heteroatoms. The summed E-state index contributed by atoms with van der Waals surface area (Å²) in [5, 5.41) is 0. The molecule has 28 heavy (non-hydrogen) atoms. The van der Waals surface area contributed by atoms with Gasteiger partial charge in [0, 0.05) is 12.1 Å². The van der Waals surface area contributed by atoms with E-state index in [1.165, 1.54) is 6.42 Å². The second-order valence-electron chi connectivity index (χ2n) is 7.69. The number of hydrogen-bond acceptors (Lipinski definition) is 3. The van der Waals surface area contributed by atoms with E-state index in [1.807, 2.05) is 49.4 Å². The molecule has 0 saturated heterocycles. The second-order valence-corrected chi connectivity index (χ2v) is 7.69. The van der Waals surface area contributed by atoms with Gasteiger partial charge in [0.15, 0.2) is 0 Å². The van der Waals surface area contributed by atoms with Crippen molar-refractivity contribution in [3.8, 4) is 0 Å². The molecule has 0 atom stereocenters. The van der Waals surface area contributed by atoms with E-state index in [9.17, 15) is 9.59 Å². The largest absolute Gasteiger partial charge is 0.397 e. The maximum Gasteiger partial charge on any atom is 0.231 e. The lowest BCUT2D eigenvalue weighted by atomic mass is 9.70. The van der Waals surface area contributed by atoms with Crippen LogP contribution in [0.2, 0.25) is 0 Å². The van der Waals surface area contributed by atoms with Crippen LogP contribution in [-0.2, 0) is 16.0 Å². The fraction of sp³-hybridized carbons (Fsp3) is 0.391. The molecule has 0 aliphatic heterocycles. The predicted octanol–water partition coefficient (Wildman–Crippen LogP) is 4.32. The van der Waals surface area contributed by atoms with Crippen molar-refractivity contribution in [2.24, 2.45) is 11.1 Å². The normalized spacial score (nSPS) is 15.8. The molecule has 1 aliphatic rings. The Hall–Kier alpha value is -2.82. The molecular formula is C23H29N3O2. The Kier molecular flexibility index (Phi) is 6.02. The van der Waals surface area contributed by atoms with Gasteiger partial charge in [-0.15, -0.1) is 0 Å². The third-order valence-electron chi connectivity index (χ3n) is 5.80. The minimum atomic E-state index is -0.442. The fourth-order valence-electron chi connectivity index (χ4n) is 4.16. The number of rotatable bonds is 6. The zero-order valence-corrected chi connectivity index (χ0v) is 16.5. The molecule has 2 amide bonds. The molecule has 2 aromatic carbocycles. The Morgan fingerprint density at radius 1 is 1.00 bits per heavy atom. The Balaban J connectivity index is 1.88. The van der Waals surface area contributed by atoms with Gasteiger partial charge in [0.25, 0.3) is 0 Å². The van der Waals surface area contributed by atoms with Crippen LogP contribution in [0.4, 0.5) is 17.1 Å². The average Bonchev–Trinajstić information content (AvgIpc) is 2.71. The van der Waals surface area contributed by atoms with Gasteiger partial charge in [-0.1, -0.05) is 50.5 Å². The molecule has 1 fully saturated rings. The number of anilines is 3. The number of hydrogen-bond donors (Lipinski definition) is 2. The molecule has 0 radical (unpaired) electrons. The average molecular weight is 380 g/mol. The predicted molar refractivity (Wildman–Crippen MR) is 113 cm³/mol. The van der Waals surface area contributed by atoms with Crippen molar-refractivity contribution >= 4 is 28.9 Å². The Labute approximate surface area is 166 Å². The maximum absolute atomic E-state index is 12.6. The SMILES string of the molecule is CCC(=O)N(c1ccc(CC2(C(N)=O)CCCCC2)cc1)c1ccccc1N. The lowest BCUT2D eigenvalue weighted by molar-refractivity contribution is -0.129. The molecule has 5 nitrogen and oxygen atoms in total. The molecule has 148 valence electrons. The van der Waals surface area contributed by atoms with E-state index in [0.29, 0.717) is 24.2 Å². The summed E-state index contributed by atoms with van der Waals surface area (Å²) in [6.07, 6.45) is 6.00. The lowest BCUT2D eigenvalue weighted by Gasteiger charge is -2.34. The summed E-state index contributed by atoms with van der Waals surface area (Å²) >= 11 is 0. The van der Waals surface area contributed by atoms with Gasteiger partial charge in [-0.05, 0) is 49.1 Å². The van der Waals surface area contributed by atoms with Gasteiger partial charge in [0.05, 0.1) is 16.8 Å². The van der Waals surface area contributed by atoms with Crippen molar-refractivity contribution in [1.29, 1.82) is 0 Å². The quantitative estimate of drug-likeness (QED) is 0.732. The zero-order valence-electron chi connectivity index (χ0n) is 16.5. The highest BCUT2D eigenvalue weighted by Gasteiger charge is 2.37. The van der Waals surface area contributed by atoms with E-state index in [4.69, 9.17) is 11.5 Å². The first-order chi connectivity index (χ1) is 13.5. The molecule has 1 aliphatic carbocycles. The Morgan fingerprint density at radius 3 is 2.21 bits per heavy atom. The van der Waals surface area contributed by atoms with Crippen molar-refractivity contribution in [2.75, 3.05) is 10.6 Å². The number of benzene rings is 2. The number of nitrogen functional groups attached to an aromatic ring is 1. The summed E-state index contributed by atoms with van der Waals surface area (Å²) in [4.78, 5) is 26.4. The van der Waals surface area contributed by atoms with E-state index in [2.05, 4.69) is 0 Å². The van der Waals surface area contributed by atoms with E-state index < -0.39 is 5.41 Å².